The minimum Gasteiger partial charge on any atom is -0.354 e. The Bertz CT molecular complexity index is 1050. The summed E-state index contributed by atoms with van der Waals surface area (Å²) in [5.74, 6) is 0.715. The minimum atomic E-state index is 0.0405. The van der Waals surface area contributed by atoms with Gasteiger partial charge in [0.15, 0.2) is 5.65 Å². The Kier molecular flexibility index (Phi) is 5.22. The number of anilines is 2. The number of pyridine rings is 2. The summed E-state index contributed by atoms with van der Waals surface area (Å²) in [6.45, 7) is 9.95. The predicted molar refractivity (Wildman–Crippen MR) is 118 cm³/mol. The van der Waals surface area contributed by atoms with Crippen LogP contribution in [0.15, 0.2) is 36.5 Å². The van der Waals surface area contributed by atoms with Crippen molar-refractivity contribution in [3.63, 3.8) is 0 Å². The molecule has 0 atom stereocenters. The lowest BCUT2D eigenvalue weighted by molar-refractivity contribution is 0.0698. The molecule has 0 spiro atoms. The highest BCUT2D eigenvalue weighted by atomic mass is 16.2. The number of aryl methyl sites for hydroxylation is 3. The quantitative estimate of drug-likeness (QED) is 0.672. The van der Waals surface area contributed by atoms with E-state index in [1.165, 1.54) is 11.1 Å². The fourth-order valence-corrected chi connectivity index (χ4v) is 4.04. The lowest BCUT2D eigenvalue weighted by Crippen LogP contribution is -2.38. The molecule has 0 aliphatic carbocycles. The van der Waals surface area contributed by atoms with E-state index in [-0.39, 0.29) is 5.91 Å². The number of likely N-dealkylation sites (tertiary alicyclic amines) is 1. The van der Waals surface area contributed by atoms with Gasteiger partial charge < -0.3 is 10.2 Å². The molecule has 0 unspecified atom stereocenters. The van der Waals surface area contributed by atoms with Gasteiger partial charge in [0.05, 0.1) is 11.3 Å². The number of carbonyl (C=O) groups excluding carboxylic acids is 1. The number of rotatable bonds is 3. The first kappa shape index (κ1) is 19.4. The Morgan fingerprint density at radius 1 is 1.07 bits per heavy atom. The first-order valence-electron chi connectivity index (χ1n) is 10.3. The van der Waals surface area contributed by atoms with E-state index in [9.17, 15) is 4.79 Å². The Hall–Kier alpha value is -2.95. The molecule has 3 heterocycles. The standard InChI is InChI=1S/C24H28N4O/c1-15-7-9-28(10-8-15)24(29)21-14-25-23-20(6-5-18(4)26-23)22(21)27-19-12-16(2)11-17(3)13-19/h5-6,11-15H,7-10H2,1-4H3,(H,25,26,27). The van der Waals surface area contributed by atoms with Crippen molar-refractivity contribution in [2.75, 3.05) is 18.4 Å². The van der Waals surface area contributed by atoms with Crippen LogP contribution in [0.3, 0.4) is 0 Å². The molecule has 29 heavy (non-hydrogen) atoms. The van der Waals surface area contributed by atoms with Gasteiger partial charge in [-0.2, -0.15) is 0 Å². The van der Waals surface area contributed by atoms with Crippen LogP contribution >= 0.6 is 0 Å². The zero-order chi connectivity index (χ0) is 20.5. The number of benzene rings is 1. The number of hydrogen-bond acceptors (Lipinski definition) is 4. The average molecular weight is 389 g/mol. The van der Waals surface area contributed by atoms with Crippen molar-refractivity contribution in [1.29, 1.82) is 0 Å². The van der Waals surface area contributed by atoms with Crippen LogP contribution in [-0.4, -0.2) is 33.9 Å². The van der Waals surface area contributed by atoms with Crippen LogP contribution in [-0.2, 0) is 0 Å². The van der Waals surface area contributed by atoms with Crippen molar-refractivity contribution in [3.05, 3.63) is 58.9 Å². The largest absolute Gasteiger partial charge is 0.354 e. The summed E-state index contributed by atoms with van der Waals surface area (Å²) >= 11 is 0. The van der Waals surface area contributed by atoms with Crippen LogP contribution in [0.5, 0.6) is 0 Å². The van der Waals surface area contributed by atoms with E-state index in [0.717, 1.165) is 48.4 Å². The van der Waals surface area contributed by atoms with Crippen molar-refractivity contribution < 1.29 is 4.79 Å². The van der Waals surface area contributed by atoms with Gasteiger partial charge in [-0.25, -0.2) is 9.97 Å². The predicted octanol–water partition coefficient (Wildman–Crippen LogP) is 5.17. The van der Waals surface area contributed by atoms with Crippen LogP contribution in [0.2, 0.25) is 0 Å². The monoisotopic (exact) mass is 388 g/mol. The third-order valence-electron chi connectivity index (χ3n) is 5.66. The third kappa shape index (κ3) is 4.09. The topological polar surface area (TPSA) is 58.1 Å². The number of amides is 1. The maximum absolute atomic E-state index is 13.4. The molecule has 1 amide bonds. The van der Waals surface area contributed by atoms with Crippen molar-refractivity contribution in [2.45, 2.75) is 40.5 Å². The highest BCUT2D eigenvalue weighted by molar-refractivity contribution is 6.07. The molecular weight excluding hydrogens is 360 g/mol. The molecule has 1 aliphatic rings. The van der Waals surface area contributed by atoms with Crippen molar-refractivity contribution in [3.8, 4) is 0 Å². The SMILES string of the molecule is Cc1cc(C)cc(Nc2c(C(=O)N3CCC(C)CC3)cnc3nc(C)ccc23)c1. The second-order valence-electron chi connectivity index (χ2n) is 8.35. The molecule has 1 fully saturated rings. The van der Waals surface area contributed by atoms with Gasteiger partial charge >= 0.3 is 0 Å². The molecule has 5 nitrogen and oxygen atoms in total. The van der Waals surface area contributed by atoms with Crippen molar-refractivity contribution >= 4 is 28.3 Å². The number of carbonyl (C=O) groups is 1. The molecule has 0 radical (unpaired) electrons. The third-order valence-corrected chi connectivity index (χ3v) is 5.66. The lowest BCUT2D eigenvalue weighted by Gasteiger charge is -2.31. The molecule has 0 bridgehead atoms. The molecule has 0 saturated carbocycles. The number of hydrogen-bond donors (Lipinski definition) is 1. The van der Waals surface area contributed by atoms with E-state index in [1.54, 1.807) is 6.20 Å². The molecule has 1 N–H and O–H groups in total. The van der Waals surface area contributed by atoms with Gasteiger partial charge in [0.25, 0.3) is 5.91 Å². The highest BCUT2D eigenvalue weighted by Gasteiger charge is 2.25. The Labute approximate surface area is 172 Å². The van der Waals surface area contributed by atoms with Gasteiger partial charge in [0, 0.05) is 36.1 Å². The van der Waals surface area contributed by atoms with Crippen LogP contribution < -0.4 is 5.32 Å². The summed E-state index contributed by atoms with van der Waals surface area (Å²) < 4.78 is 0. The van der Waals surface area contributed by atoms with Gasteiger partial charge in [-0.3, -0.25) is 4.79 Å². The maximum Gasteiger partial charge on any atom is 0.257 e. The van der Waals surface area contributed by atoms with Gasteiger partial charge in [-0.15, -0.1) is 0 Å². The van der Waals surface area contributed by atoms with E-state index in [1.807, 2.05) is 24.0 Å². The summed E-state index contributed by atoms with van der Waals surface area (Å²) in [4.78, 5) is 24.4. The van der Waals surface area contributed by atoms with Crippen molar-refractivity contribution in [1.82, 2.24) is 14.9 Å². The molecule has 150 valence electrons. The van der Waals surface area contributed by atoms with E-state index in [0.29, 0.717) is 17.1 Å². The molecule has 1 aromatic carbocycles. The number of aromatic nitrogens is 2. The van der Waals surface area contributed by atoms with Gasteiger partial charge in [-0.05, 0) is 74.9 Å². The van der Waals surface area contributed by atoms with E-state index in [4.69, 9.17) is 0 Å². The van der Waals surface area contributed by atoms with Crippen LogP contribution in [0.4, 0.5) is 11.4 Å². The fourth-order valence-electron chi connectivity index (χ4n) is 4.04. The Morgan fingerprint density at radius 2 is 1.76 bits per heavy atom. The van der Waals surface area contributed by atoms with E-state index < -0.39 is 0 Å². The zero-order valence-electron chi connectivity index (χ0n) is 17.6. The normalized spacial score (nSPS) is 15.0. The summed E-state index contributed by atoms with van der Waals surface area (Å²) in [6.07, 6.45) is 3.78. The average Bonchev–Trinajstić information content (AvgIpc) is 2.67. The maximum atomic E-state index is 13.4. The van der Waals surface area contributed by atoms with E-state index in [2.05, 4.69) is 54.3 Å². The number of piperidine rings is 1. The van der Waals surface area contributed by atoms with Gasteiger partial charge in [0.1, 0.15) is 0 Å². The van der Waals surface area contributed by atoms with Crippen LogP contribution in [0, 0.1) is 26.7 Å². The Morgan fingerprint density at radius 3 is 2.45 bits per heavy atom. The molecule has 3 aromatic rings. The lowest BCUT2D eigenvalue weighted by atomic mass is 9.98. The second-order valence-corrected chi connectivity index (χ2v) is 8.35. The Balaban J connectivity index is 1.80. The summed E-state index contributed by atoms with van der Waals surface area (Å²) in [7, 11) is 0. The summed E-state index contributed by atoms with van der Waals surface area (Å²) in [5, 5.41) is 4.38. The van der Waals surface area contributed by atoms with Crippen molar-refractivity contribution in [2.24, 2.45) is 5.92 Å². The number of nitrogens with zero attached hydrogens (tertiary/aromatic N) is 3. The van der Waals surface area contributed by atoms with Crippen LogP contribution in [0.25, 0.3) is 11.0 Å². The molecular formula is C24H28N4O. The first-order valence-corrected chi connectivity index (χ1v) is 10.3. The second kappa shape index (κ2) is 7.82. The zero-order valence-corrected chi connectivity index (χ0v) is 17.6. The molecule has 1 saturated heterocycles. The van der Waals surface area contributed by atoms with Crippen LogP contribution in [0.1, 0.15) is 46.9 Å². The van der Waals surface area contributed by atoms with E-state index >= 15 is 0 Å². The smallest absolute Gasteiger partial charge is 0.257 e. The minimum absolute atomic E-state index is 0.0405. The summed E-state index contributed by atoms with van der Waals surface area (Å²) in [5.41, 5.74) is 6.28. The number of nitrogens with one attached hydrogen (secondary N) is 1. The van der Waals surface area contributed by atoms with Gasteiger partial charge in [-0.1, -0.05) is 13.0 Å². The molecule has 5 heteroatoms. The molecule has 1 aliphatic heterocycles. The van der Waals surface area contributed by atoms with Gasteiger partial charge in [0.2, 0.25) is 0 Å². The first-order chi connectivity index (χ1) is 13.9. The molecule has 4 rings (SSSR count). The molecule has 2 aromatic heterocycles. The fraction of sp³-hybridized carbons (Fsp3) is 0.375. The highest BCUT2D eigenvalue weighted by Crippen LogP contribution is 2.31. The number of fused-ring (bicyclic) bond motifs is 1. The summed E-state index contributed by atoms with van der Waals surface area (Å²) in [6, 6.07) is 10.3.